The van der Waals surface area contributed by atoms with Gasteiger partial charge in [0.1, 0.15) is 0 Å². The quantitative estimate of drug-likeness (QED) is 0.888. The van der Waals surface area contributed by atoms with Crippen molar-refractivity contribution in [3.8, 4) is 0 Å². The molecular formula is C13H18BrNO3S. The normalized spacial score (nSPS) is 22.8. The summed E-state index contributed by atoms with van der Waals surface area (Å²) in [4.78, 5) is 0.217. The zero-order valence-electron chi connectivity index (χ0n) is 11.0. The zero-order chi connectivity index (χ0) is 14.2. The van der Waals surface area contributed by atoms with E-state index in [9.17, 15) is 8.42 Å². The third-order valence-corrected chi connectivity index (χ3v) is 6.45. The summed E-state index contributed by atoms with van der Waals surface area (Å²) in [6.45, 7) is 2.52. The molecule has 2 unspecified atom stereocenters. The second-order valence-electron chi connectivity index (χ2n) is 5.18. The molecule has 0 aliphatic heterocycles. The van der Waals surface area contributed by atoms with Gasteiger partial charge in [0.2, 0.25) is 10.0 Å². The summed E-state index contributed by atoms with van der Waals surface area (Å²) in [6.07, 6.45) is 1.09. The van der Waals surface area contributed by atoms with Gasteiger partial charge in [0.15, 0.2) is 0 Å². The molecular weight excluding hydrogens is 330 g/mol. The van der Waals surface area contributed by atoms with Crippen LogP contribution in [0.2, 0.25) is 0 Å². The molecule has 1 N–H and O–H groups in total. The van der Waals surface area contributed by atoms with Gasteiger partial charge in [0.25, 0.3) is 0 Å². The minimum Gasteiger partial charge on any atom is -0.392 e. The van der Waals surface area contributed by atoms with Crippen molar-refractivity contribution in [3.63, 3.8) is 0 Å². The Hall–Kier alpha value is -0.430. The first-order valence-electron chi connectivity index (χ1n) is 6.22. The van der Waals surface area contributed by atoms with Crippen LogP contribution in [0.5, 0.6) is 0 Å². The second-order valence-corrected chi connectivity index (χ2v) is 8.05. The Morgan fingerprint density at radius 3 is 2.63 bits per heavy atom. The molecule has 0 heterocycles. The van der Waals surface area contributed by atoms with E-state index in [0.29, 0.717) is 28.4 Å². The Bertz CT molecular complexity index is 573. The molecule has 4 nitrogen and oxygen atoms in total. The van der Waals surface area contributed by atoms with Gasteiger partial charge in [-0.2, -0.15) is 0 Å². The van der Waals surface area contributed by atoms with E-state index < -0.39 is 10.0 Å². The highest BCUT2D eigenvalue weighted by atomic mass is 79.9. The molecule has 19 heavy (non-hydrogen) atoms. The highest BCUT2D eigenvalue weighted by Crippen LogP contribution is 2.39. The summed E-state index contributed by atoms with van der Waals surface area (Å²) in [5, 5.41) is 9.12. The predicted octanol–water partition coefficient (Wildman–Crippen LogP) is 2.22. The van der Waals surface area contributed by atoms with E-state index in [1.807, 2.05) is 0 Å². The van der Waals surface area contributed by atoms with Crippen LogP contribution in [0.4, 0.5) is 0 Å². The van der Waals surface area contributed by atoms with Gasteiger partial charge in [-0.15, -0.1) is 0 Å². The van der Waals surface area contributed by atoms with E-state index in [-0.39, 0.29) is 11.5 Å². The Morgan fingerprint density at radius 2 is 2.11 bits per heavy atom. The van der Waals surface area contributed by atoms with E-state index >= 15 is 0 Å². The average molecular weight is 348 g/mol. The van der Waals surface area contributed by atoms with Crippen LogP contribution in [-0.2, 0) is 16.6 Å². The van der Waals surface area contributed by atoms with E-state index in [4.69, 9.17) is 5.11 Å². The lowest BCUT2D eigenvalue weighted by atomic mass is 10.2. The number of hydrogen-bond acceptors (Lipinski definition) is 3. The van der Waals surface area contributed by atoms with Crippen LogP contribution < -0.4 is 0 Å². The van der Waals surface area contributed by atoms with Gasteiger partial charge in [-0.25, -0.2) is 12.7 Å². The molecule has 0 radical (unpaired) electrons. The number of hydrogen-bond donors (Lipinski definition) is 1. The fourth-order valence-corrected chi connectivity index (χ4v) is 4.29. The smallest absolute Gasteiger partial charge is 0.243 e. The minimum atomic E-state index is -3.51. The van der Waals surface area contributed by atoms with Gasteiger partial charge in [0, 0.05) is 18.1 Å². The highest BCUT2D eigenvalue weighted by Gasteiger charge is 2.36. The fourth-order valence-electron chi connectivity index (χ4n) is 2.09. The van der Waals surface area contributed by atoms with Crippen molar-refractivity contribution >= 4 is 26.0 Å². The van der Waals surface area contributed by atoms with Crippen molar-refractivity contribution in [2.75, 3.05) is 13.6 Å². The van der Waals surface area contributed by atoms with Crippen LogP contribution in [-0.4, -0.2) is 31.4 Å². The van der Waals surface area contributed by atoms with Crippen LogP contribution in [0.25, 0.3) is 0 Å². The topological polar surface area (TPSA) is 57.6 Å². The zero-order valence-corrected chi connectivity index (χ0v) is 13.4. The van der Waals surface area contributed by atoms with Gasteiger partial charge >= 0.3 is 0 Å². The molecule has 0 aromatic heterocycles. The largest absolute Gasteiger partial charge is 0.392 e. The number of aliphatic hydroxyl groups excluding tert-OH is 1. The van der Waals surface area contributed by atoms with Gasteiger partial charge in [-0.3, -0.25) is 0 Å². The first kappa shape index (κ1) is 15.0. The van der Waals surface area contributed by atoms with Crippen molar-refractivity contribution in [1.82, 2.24) is 4.31 Å². The van der Waals surface area contributed by atoms with Crippen molar-refractivity contribution in [2.24, 2.45) is 11.8 Å². The van der Waals surface area contributed by atoms with Gasteiger partial charge < -0.3 is 5.11 Å². The standard InChI is InChI=1S/C13H18BrNO3S/c1-9-5-11(9)7-15(2)19(17,18)13-6-10(8-16)3-4-12(13)14/h3-4,6,9,11,16H,5,7-8H2,1-2H3. The molecule has 106 valence electrons. The fraction of sp³-hybridized carbons (Fsp3) is 0.538. The van der Waals surface area contributed by atoms with Crippen LogP contribution in [0.1, 0.15) is 18.9 Å². The summed E-state index contributed by atoms with van der Waals surface area (Å²) < 4.78 is 26.9. The maximum Gasteiger partial charge on any atom is 0.243 e. The summed E-state index contributed by atoms with van der Waals surface area (Å²) in [6, 6.07) is 4.88. The van der Waals surface area contributed by atoms with Crippen LogP contribution >= 0.6 is 15.9 Å². The SMILES string of the molecule is CC1CC1CN(C)S(=O)(=O)c1cc(CO)ccc1Br. The van der Waals surface area contributed by atoms with Crippen molar-refractivity contribution < 1.29 is 13.5 Å². The number of halogens is 1. The lowest BCUT2D eigenvalue weighted by Crippen LogP contribution is -2.29. The van der Waals surface area contributed by atoms with Crippen molar-refractivity contribution in [3.05, 3.63) is 28.2 Å². The third-order valence-electron chi connectivity index (χ3n) is 3.63. The van der Waals surface area contributed by atoms with Gasteiger partial charge in [0.05, 0.1) is 11.5 Å². The molecule has 2 atom stereocenters. The second kappa shape index (κ2) is 5.52. The molecule has 0 amide bonds. The summed E-state index contributed by atoms with van der Waals surface area (Å²) in [5.41, 5.74) is 0.593. The van der Waals surface area contributed by atoms with E-state index in [1.54, 1.807) is 19.2 Å². The minimum absolute atomic E-state index is 0.167. The summed E-state index contributed by atoms with van der Waals surface area (Å²) in [7, 11) is -1.90. The maximum atomic E-state index is 12.5. The Labute approximate surface area is 122 Å². The van der Waals surface area contributed by atoms with Crippen LogP contribution in [0, 0.1) is 11.8 Å². The molecule has 0 spiro atoms. The Balaban J connectivity index is 2.27. The lowest BCUT2D eigenvalue weighted by Gasteiger charge is -2.18. The Morgan fingerprint density at radius 1 is 1.47 bits per heavy atom. The average Bonchev–Trinajstić information content (AvgIpc) is 3.05. The van der Waals surface area contributed by atoms with Gasteiger partial charge in [-0.05, 0) is 51.9 Å². The van der Waals surface area contributed by atoms with E-state index in [0.717, 1.165) is 6.42 Å². The van der Waals surface area contributed by atoms with Crippen LogP contribution in [0.15, 0.2) is 27.6 Å². The number of nitrogens with zero attached hydrogens (tertiary/aromatic N) is 1. The molecule has 0 saturated heterocycles. The highest BCUT2D eigenvalue weighted by molar-refractivity contribution is 9.10. The molecule has 1 saturated carbocycles. The molecule has 2 rings (SSSR count). The van der Waals surface area contributed by atoms with E-state index in [2.05, 4.69) is 22.9 Å². The lowest BCUT2D eigenvalue weighted by molar-refractivity contribution is 0.281. The maximum absolute atomic E-state index is 12.5. The predicted molar refractivity (Wildman–Crippen MR) is 77.2 cm³/mol. The van der Waals surface area contributed by atoms with Crippen molar-refractivity contribution in [2.45, 2.75) is 24.8 Å². The number of rotatable bonds is 5. The molecule has 6 heteroatoms. The van der Waals surface area contributed by atoms with E-state index in [1.165, 1.54) is 10.4 Å². The number of sulfonamides is 1. The molecule has 1 aromatic carbocycles. The van der Waals surface area contributed by atoms with Crippen LogP contribution in [0.3, 0.4) is 0 Å². The van der Waals surface area contributed by atoms with Gasteiger partial charge in [-0.1, -0.05) is 13.0 Å². The third kappa shape index (κ3) is 3.18. The first-order chi connectivity index (χ1) is 8.86. The number of aliphatic hydroxyl groups is 1. The Kier molecular flexibility index (Phi) is 4.35. The molecule has 1 aliphatic rings. The van der Waals surface area contributed by atoms with Crippen molar-refractivity contribution in [1.29, 1.82) is 0 Å². The summed E-state index contributed by atoms with van der Waals surface area (Å²) >= 11 is 3.27. The molecule has 0 bridgehead atoms. The molecule has 1 fully saturated rings. The number of benzene rings is 1. The molecule has 1 aliphatic carbocycles. The molecule has 1 aromatic rings. The summed E-state index contributed by atoms with van der Waals surface area (Å²) in [5.74, 6) is 1.09. The first-order valence-corrected chi connectivity index (χ1v) is 8.45. The monoisotopic (exact) mass is 347 g/mol.